The van der Waals surface area contributed by atoms with Gasteiger partial charge in [0.05, 0.1) is 12.9 Å². The standard InChI is InChI=1S/C11H20N7O13P3/c1-17(13)8-5-9(16-11(12)15-8)18(3-14-5)10-7(20)6(19)4(29-10)2-28-33(24,25)31-34(26,27)30-32(21,22)23/h3-4,6-7,10,19-20H,2,13H2,1H3,(H,24,25)(H,26,27)(H2,12,15,16)(H2,21,22,23)/t4-,6-,7-,10-/m1/s1. The average molecular weight is 551 g/mol. The van der Waals surface area contributed by atoms with Gasteiger partial charge in [-0.3, -0.25) is 14.1 Å². The summed E-state index contributed by atoms with van der Waals surface area (Å²) in [7, 11) is -15.3. The normalized spacial score (nSPS) is 26.9. The Bertz CT molecular complexity index is 1200. The summed E-state index contributed by atoms with van der Waals surface area (Å²) in [6.07, 6.45) is -5.05. The summed E-state index contributed by atoms with van der Waals surface area (Å²) in [6, 6.07) is 0. The maximum Gasteiger partial charge on any atom is 0.490 e. The van der Waals surface area contributed by atoms with E-state index >= 15 is 0 Å². The van der Waals surface area contributed by atoms with Gasteiger partial charge in [-0.1, -0.05) is 0 Å². The zero-order chi connectivity index (χ0) is 25.6. The van der Waals surface area contributed by atoms with Gasteiger partial charge in [-0.25, -0.2) is 24.5 Å². The van der Waals surface area contributed by atoms with Gasteiger partial charge in [0.2, 0.25) is 5.95 Å². The molecule has 3 rings (SSSR count). The summed E-state index contributed by atoms with van der Waals surface area (Å²) >= 11 is 0. The van der Waals surface area contributed by atoms with Gasteiger partial charge in [-0.05, 0) is 0 Å². The van der Waals surface area contributed by atoms with Gasteiger partial charge in [0.15, 0.2) is 23.2 Å². The minimum absolute atomic E-state index is 0.0598. The minimum Gasteiger partial charge on any atom is -0.387 e. The van der Waals surface area contributed by atoms with Crippen LogP contribution in [0.3, 0.4) is 0 Å². The van der Waals surface area contributed by atoms with Crippen LogP contribution in [0.4, 0.5) is 11.8 Å². The van der Waals surface area contributed by atoms with Crippen molar-refractivity contribution in [3.63, 3.8) is 0 Å². The van der Waals surface area contributed by atoms with Crippen molar-refractivity contribution in [1.82, 2.24) is 19.5 Å². The first-order valence-corrected chi connectivity index (χ1v) is 13.3. The number of hydrogen-bond acceptors (Lipinski definition) is 15. The van der Waals surface area contributed by atoms with Crippen LogP contribution >= 0.6 is 23.5 Å². The van der Waals surface area contributed by atoms with Crippen LogP contribution in [0.2, 0.25) is 0 Å². The van der Waals surface area contributed by atoms with Crippen molar-refractivity contribution in [2.75, 3.05) is 24.4 Å². The van der Waals surface area contributed by atoms with Crippen molar-refractivity contribution < 1.29 is 61.4 Å². The summed E-state index contributed by atoms with van der Waals surface area (Å²) in [5.41, 5.74) is 5.90. The van der Waals surface area contributed by atoms with Crippen LogP contribution in [-0.4, -0.2) is 81.3 Å². The summed E-state index contributed by atoms with van der Waals surface area (Å²) in [6.45, 7) is -0.987. The molecule has 0 bridgehead atoms. The maximum absolute atomic E-state index is 11.9. The number of aromatic nitrogens is 4. The van der Waals surface area contributed by atoms with E-state index in [2.05, 4.69) is 28.1 Å². The SMILES string of the molecule is CN(N)c1nc(N)nc2c1ncn2[C@@H]1O[C@H](COP(=O)(O)OP(=O)(O)OP(=O)(O)O)[C@@H](O)[C@H]1O. The molecule has 0 spiro atoms. The number of hydrazine groups is 1. The lowest BCUT2D eigenvalue weighted by Crippen LogP contribution is -2.33. The van der Waals surface area contributed by atoms with E-state index in [1.807, 2.05) is 0 Å². The molecule has 192 valence electrons. The lowest BCUT2D eigenvalue weighted by Gasteiger charge is -2.19. The summed E-state index contributed by atoms with van der Waals surface area (Å²) < 4.78 is 52.2. The molecule has 0 aliphatic carbocycles. The number of hydrogen-bond donors (Lipinski definition) is 8. The number of nitrogens with zero attached hydrogens (tertiary/aromatic N) is 5. The van der Waals surface area contributed by atoms with Gasteiger partial charge in [0, 0.05) is 7.05 Å². The smallest absolute Gasteiger partial charge is 0.387 e. The van der Waals surface area contributed by atoms with Gasteiger partial charge in [0.1, 0.15) is 18.3 Å². The molecule has 0 radical (unpaired) electrons. The third-order valence-corrected chi connectivity index (χ3v) is 7.99. The number of anilines is 2. The van der Waals surface area contributed by atoms with Crippen LogP contribution in [0.5, 0.6) is 0 Å². The molecule has 2 unspecified atom stereocenters. The van der Waals surface area contributed by atoms with E-state index < -0.39 is 54.6 Å². The molecule has 6 atom stereocenters. The maximum atomic E-state index is 11.9. The zero-order valence-corrected chi connectivity index (χ0v) is 19.6. The molecular weight excluding hydrogens is 531 g/mol. The predicted octanol–water partition coefficient (Wildman–Crippen LogP) is -2.32. The molecule has 2 aromatic heterocycles. The Kier molecular flexibility index (Phi) is 7.51. The van der Waals surface area contributed by atoms with E-state index in [1.54, 1.807) is 0 Å². The topological polar surface area (TPSA) is 308 Å². The van der Waals surface area contributed by atoms with E-state index in [9.17, 15) is 28.8 Å². The lowest BCUT2D eigenvalue weighted by molar-refractivity contribution is -0.0503. The van der Waals surface area contributed by atoms with Crippen molar-refractivity contribution in [2.24, 2.45) is 5.84 Å². The van der Waals surface area contributed by atoms with Gasteiger partial charge >= 0.3 is 23.5 Å². The number of nitrogen functional groups attached to an aromatic ring is 1. The van der Waals surface area contributed by atoms with Crippen molar-refractivity contribution in [3.05, 3.63) is 6.33 Å². The van der Waals surface area contributed by atoms with Crippen molar-refractivity contribution >= 4 is 46.4 Å². The van der Waals surface area contributed by atoms with Crippen molar-refractivity contribution in [3.8, 4) is 0 Å². The number of phosphoric ester groups is 1. The molecule has 0 aromatic carbocycles. The third-order valence-electron chi connectivity index (χ3n) is 4.18. The minimum atomic E-state index is -5.73. The number of aliphatic hydroxyl groups excluding tert-OH is 2. The number of ether oxygens (including phenoxy) is 1. The molecule has 1 fully saturated rings. The second-order valence-electron chi connectivity index (χ2n) is 6.77. The van der Waals surface area contributed by atoms with Gasteiger partial charge in [-0.2, -0.15) is 18.6 Å². The Balaban J connectivity index is 1.75. The second-order valence-corrected chi connectivity index (χ2v) is 11.2. The molecule has 3 heterocycles. The van der Waals surface area contributed by atoms with Gasteiger partial charge in [0.25, 0.3) is 0 Å². The number of fused-ring (bicyclic) bond motifs is 1. The first-order chi connectivity index (χ1) is 15.5. The molecule has 10 N–H and O–H groups in total. The van der Waals surface area contributed by atoms with Crippen LogP contribution in [0.25, 0.3) is 11.2 Å². The van der Waals surface area contributed by atoms with E-state index in [-0.39, 0.29) is 22.9 Å². The van der Waals surface area contributed by atoms with Crippen LogP contribution in [0.1, 0.15) is 6.23 Å². The average Bonchev–Trinajstić information content (AvgIpc) is 3.18. The highest BCUT2D eigenvalue weighted by atomic mass is 31.3. The van der Waals surface area contributed by atoms with Crippen molar-refractivity contribution in [2.45, 2.75) is 24.5 Å². The Labute approximate surface area is 189 Å². The number of imidazole rings is 1. The van der Waals surface area contributed by atoms with Gasteiger partial charge in [-0.15, -0.1) is 0 Å². The van der Waals surface area contributed by atoms with E-state index in [0.717, 1.165) is 5.01 Å². The highest BCUT2D eigenvalue weighted by Gasteiger charge is 2.47. The van der Waals surface area contributed by atoms with Crippen LogP contribution in [0, 0.1) is 0 Å². The number of nitrogens with two attached hydrogens (primary N) is 2. The molecule has 0 amide bonds. The molecule has 34 heavy (non-hydrogen) atoms. The Morgan fingerprint density at radius 1 is 1.12 bits per heavy atom. The number of phosphoric acid groups is 3. The highest BCUT2D eigenvalue weighted by molar-refractivity contribution is 7.66. The summed E-state index contributed by atoms with van der Waals surface area (Å²) in [5, 5.41) is 21.8. The fraction of sp³-hybridized carbons (Fsp3) is 0.545. The van der Waals surface area contributed by atoms with E-state index in [4.69, 9.17) is 31.0 Å². The quantitative estimate of drug-likeness (QED) is 0.0921. The predicted molar refractivity (Wildman–Crippen MR) is 108 cm³/mol. The molecule has 23 heteroatoms. The highest BCUT2D eigenvalue weighted by Crippen LogP contribution is 2.66. The first kappa shape index (κ1) is 27.0. The Hall–Kier alpha value is -1.60. The summed E-state index contributed by atoms with van der Waals surface area (Å²) in [5.74, 6) is 5.63. The summed E-state index contributed by atoms with van der Waals surface area (Å²) in [4.78, 5) is 47.8. The molecule has 0 saturated carbocycles. The van der Waals surface area contributed by atoms with Crippen molar-refractivity contribution in [1.29, 1.82) is 0 Å². The van der Waals surface area contributed by atoms with E-state index in [1.165, 1.54) is 17.9 Å². The Morgan fingerprint density at radius 2 is 1.76 bits per heavy atom. The van der Waals surface area contributed by atoms with Crippen LogP contribution in [-0.2, 0) is 31.6 Å². The molecular formula is C11H20N7O13P3. The van der Waals surface area contributed by atoms with Gasteiger partial charge < -0.3 is 40.3 Å². The van der Waals surface area contributed by atoms with Crippen LogP contribution in [0.15, 0.2) is 6.33 Å². The number of aliphatic hydroxyl groups is 2. The Morgan fingerprint density at radius 3 is 2.35 bits per heavy atom. The monoisotopic (exact) mass is 551 g/mol. The molecule has 1 aliphatic heterocycles. The lowest BCUT2D eigenvalue weighted by atomic mass is 10.1. The van der Waals surface area contributed by atoms with E-state index in [0.29, 0.717) is 0 Å². The molecule has 1 aliphatic rings. The fourth-order valence-corrected chi connectivity index (χ4v) is 5.95. The fourth-order valence-electron chi connectivity index (χ4n) is 2.92. The third kappa shape index (κ3) is 6.14. The second kappa shape index (κ2) is 9.45. The molecule has 1 saturated heterocycles. The molecule has 2 aromatic rings. The van der Waals surface area contributed by atoms with Crippen LogP contribution < -0.4 is 16.6 Å². The largest absolute Gasteiger partial charge is 0.490 e. The zero-order valence-electron chi connectivity index (χ0n) is 16.9. The molecule has 20 nitrogen and oxygen atoms in total. The first-order valence-electron chi connectivity index (χ1n) is 8.78. The number of rotatable bonds is 9.